The fourth-order valence-electron chi connectivity index (χ4n) is 2.47. The predicted molar refractivity (Wildman–Crippen MR) is 88.9 cm³/mol. The van der Waals surface area contributed by atoms with Gasteiger partial charge in [0.2, 0.25) is 0 Å². The molecule has 1 aliphatic carbocycles. The minimum absolute atomic E-state index is 0.116. The van der Waals surface area contributed by atoms with Crippen LogP contribution in [0, 0.1) is 5.82 Å². The molecule has 2 aromatic rings. The Morgan fingerprint density at radius 2 is 2.10 bits per heavy atom. The van der Waals surface area contributed by atoms with Crippen molar-refractivity contribution < 1.29 is 4.39 Å². The van der Waals surface area contributed by atoms with Crippen LogP contribution in [0.4, 0.5) is 4.39 Å². The Kier molecular flexibility index (Phi) is 4.33. The lowest BCUT2D eigenvalue weighted by molar-refractivity contribution is 0.244. The quantitative estimate of drug-likeness (QED) is 0.823. The second kappa shape index (κ2) is 6.22. The van der Waals surface area contributed by atoms with Crippen LogP contribution < -0.4 is 5.73 Å². The van der Waals surface area contributed by atoms with Crippen LogP contribution in [0.25, 0.3) is 0 Å². The normalized spacial score (nSPS) is 14.6. The van der Waals surface area contributed by atoms with Crippen LogP contribution in [0.1, 0.15) is 28.8 Å². The highest BCUT2D eigenvalue weighted by molar-refractivity contribution is 7.80. The van der Waals surface area contributed by atoms with Crippen LogP contribution in [-0.2, 0) is 13.1 Å². The average Bonchev–Trinajstić information content (AvgIpc) is 3.18. The van der Waals surface area contributed by atoms with Gasteiger partial charge < -0.3 is 5.73 Å². The summed E-state index contributed by atoms with van der Waals surface area (Å²) in [7, 11) is 0. The van der Waals surface area contributed by atoms with Gasteiger partial charge in [-0.2, -0.15) is 0 Å². The number of thiophene rings is 1. The summed E-state index contributed by atoms with van der Waals surface area (Å²) in [4.78, 5) is 3.77. The number of thiocarbonyl (C=S) groups is 1. The van der Waals surface area contributed by atoms with Crippen LogP contribution in [0.3, 0.4) is 0 Å². The Bertz CT molecular complexity index is 636. The minimum Gasteiger partial charge on any atom is -0.389 e. The van der Waals surface area contributed by atoms with Crippen molar-refractivity contribution in [3.63, 3.8) is 0 Å². The molecule has 1 saturated carbocycles. The molecule has 0 radical (unpaired) electrons. The summed E-state index contributed by atoms with van der Waals surface area (Å²) in [5, 5.41) is 2.08. The number of hydrogen-bond acceptors (Lipinski definition) is 3. The first-order valence-corrected chi connectivity index (χ1v) is 8.27. The van der Waals surface area contributed by atoms with Gasteiger partial charge in [0.15, 0.2) is 0 Å². The van der Waals surface area contributed by atoms with Gasteiger partial charge >= 0.3 is 0 Å². The zero-order chi connectivity index (χ0) is 14.8. The van der Waals surface area contributed by atoms with E-state index in [1.807, 2.05) is 12.1 Å². The smallest absolute Gasteiger partial charge is 0.137 e. The third-order valence-electron chi connectivity index (χ3n) is 3.72. The van der Waals surface area contributed by atoms with E-state index in [1.165, 1.54) is 17.7 Å². The largest absolute Gasteiger partial charge is 0.389 e. The molecule has 0 spiro atoms. The molecule has 1 aliphatic rings. The molecular formula is C16H17FN2S2. The average molecular weight is 320 g/mol. The van der Waals surface area contributed by atoms with Crippen molar-refractivity contribution in [2.24, 2.45) is 5.73 Å². The standard InChI is InChI=1S/C16H17FN2S2/c17-15-11(3-1-5-14(15)16(18)20)9-19(12-6-7-12)10-13-4-2-8-21-13/h1-5,8,12H,6-7,9-10H2,(H2,18,20). The zero-order valence-electron chi connectivity index (χ0n) is 11.6. The van der Waals surface area contributed by atoms with E-state index in [-0.39, 0.29) is 10.8 Å². The molecule has 0 saturated heterocycles. The number of nitrogens with zero attached hydrogens (tertiary/aromatic N) is 1. The van der Waals surface area contributed by atoms with Gasteiger partial charge in [-0.05, 0) is 30.4 Å². The molecule has 21 heavy (non-hydrogen) atoms. The van der Waals surface area contributed by atoms with E-state index >= 15 is 0 Å². The summed E-state index contributed by atoms with van der Waals surface area (Å²) < 4.78 is 14.5. The molecule has 1 heterocycles. The predicted octanol–water partition coefficient (Wildman–Crippen LogP) is 3.69. The molecule has 0 unspecified atom stereocenters. The highest BCUT2D eigenvalue weighted by Crippen LogP contribution is 2.31. The Balaban J connectivity index is 1.80. The molecule has 5 heteroatoms. The van der Waals surface area contributed by atoms with E-state index in [9.17, 15) is 4.39 Å². The highest BCUT2D eigenvalue weighted by Gasteiger charge is 2.29. The molecule has 1 aromatic heterocycles. The van der Waals surface area contributed by atoms with E-state index in [0.717, 1.165) is 6.54 Å². The molecule has 0 amide bonds. The maximum atomic E-state index is 14.5. The van der Waals surface area contributed by atoms with Crippen molar-refractivity contribution in [1.82, 2.24) is 4.90 Å². The van der Waals surface area contributed by atoms with E-state index in [2.05, 4.69) is 22.4 Å². The Hall–Kier alpha value is -1.30. The van der Waals surface area contributed by atoms with Gasteiger partial charge in [0.05, 0.1) is 0 Å². The Morgan fingerprint density at radius 3 is 2.71 bits per heavy atom. The minimum atomic E-state index is -0.276. The lowest BCUT2D eigenvalue weighted by atomic mass is 10.1. The molecule has 2 nitrogen and oxygen atoms in total. The summed E-state index contributed by atoms with van der Waals surface area (Å²) in [5.74, 6) is -0.276. The summed E-state index contributed by atoms with van der Waals surface area (Å²) >= 11 is 6.65. The van der Waals surface area contributed by atoms with Crippen LogP contribution in [0.15, 0.2) is 35.7 Å². The second-order valence-electron chi connectivity index (χ2n) is 5.36. The van der Waals surface area contributed by atoms with Crippen molar-refractivity contribution in [3.8, 4) is 0 Å². The van der Waals surface area contributed by atoms with Crippen molar-refractivity contribution in [3.05, 3.63) is 57.5 Å². The van der Waals surface area contributed by atoms with E-state index < -0.39 is 0 Å². The number of nitrogens with two attached hydrogens (primary N) is 1. The zero-order valence-corrected chi connectivity index (χ0v) is 13.2. The second-order valence-corrected chi connectivity index (χ2v) is 6.83. The molecule has 0 atom stereocenters. The number of rotatable bonds is 6. The Morgan fingerprint density at radius 1 is 1.29 bits per heavy atom. The van der Waals surface area contributed by atoms with Crippen molar-refractivity contribution in [2.45, 2.75) is 32.0 Å². The molecule has 0 aliphatic heterocycles. The lowest BCUT2D eigenvalue weighted by Crippen LogP contribution is -2.25. The fraction of sp³-hybridized carbons (Fsp3) is 0.312. The summed E-state index contributed by atoms with van der Waals surface area (Å²) in [6, 6.07) is 10.0. The molecule has 1 fully saturated rings. The maximum Gasteiger partial charge on any atom is 0.137 e. The summed E-state index contributed by atoms with van der Waals surface area (Å²) in [6.07, 6.45) is 2.39. The number of benzene rings is 1. The van der Waals surface area contributed by atoms with Gasteiger partial charge in [0.1, 0.15) is 10.8 Å². The third-order valence-corrected chi connectivity index (χ3v) is 4.80. The Labute approximate surface area is 133 Å². The van der Waals surface area contributed by atoms with E-state index in [0.29, 0.717) is 23.7 Å². The highest BCUT2D eigenvalue weighted by atomic mass is 32.1. The van der Waals surface area contributed by atoms with Gasteiger partial charge in [-0.1, -0.05) is 30.4 Å². The first-order chi connectivity index (χ1) is 10.1. The molecule has 2 N–H and O–H groups in total. The van der Waals surface area contributed by atoms with Gasteiger partial charge in [0, 0.05) is 35.1 Å². The summed E-state index contributed by atoms with van der Waals surface area (Å²) in [5.41, 5.74) is 6.59. The molecule has 1 aromatic carbocycles. The van der Waals surface area contributed by atoms with Gasteiger partial charge in [-0.25, -0.2) is 4.39 Å². The number of halogens is 1. The molecule has 0 bridgehead atoms. The van der Waals surface area contributed by atoms with Crippen LogP contribution >= 0.6 is 23.6 Å². The fourth-order valence-corrected chi connectivity index (χ4v) is 3.35. The topological polar surface area (TPSA) is 29.3 Å². The monoisotopic (exact) mass is 320 g/mol. The SMILES string of the molecule is NC(=S)c1cccc(CN(Cc2cccs2)C2CC2)c1F. The third kappa shape index (κ3) is 3.48. The van der Waals surface area contributed by atoms with Crippen LogP contribution in [0.5, 0.6) is 0 Å². The van der Waals surface area contributed by atoms with Crippen molar-refractivity contribution in [1.29, 1.82) is 0 Å². The molecule has 110 valence electrons. The molecule has 3 rings (SSSR count). The van der Waals surface area contributed by atoms with Gasteiger partial charge in [0.25, 0.3) is 0 Å². The van der Waals surface area contributed by atoms with Crippen LogP contribution in [0.2, 0.25) is 0 Å². The van der Waals surface area contributed by atoms with Crippen molar-refractivity contribution >= 4 is 28.5 Å². The maximum absolute atomic E-state index is 14.5. The first-order valence-electron chi connectivity index (χ1n) is 6.99. The van der Waals surface area contributed by atoms with Gasteiger partial charge in [-0.3, -0.25) is 4.90 Å². The van der Waals surface area contributed by atoms with Crippen molar-refractivity contribution in [2.75, 3.05) is 0 Å². The van der Waals surface area contributed by atoms with E-state index in [1.54, 1.807) is 17.4 Å². The molecular weight excluding hydrogens is 303 g/mol. The summed E-state index contributed by atoms with van der Waals surface area (Å²) in [6.45, 7) is 1.48. The number of hydrogen-bond donors (Lipinski definition) is 1. The van der Waals surface area contributed by atoms with Crippen LogP contribution in [-0.4, -0.2) is 15.9 Å². The lowest BCUT2D eigenvalue weighted by Gasteiger charge is -2.22. The van der Waals surface area contributed by atoms with E-state index in [4.69, 9.17) is 18.0 Å². The first kappa shape index (κ1) is 14.6. The van der Waals surface area contributed by atoms with Gasteiger partial charge in [-0.15, -0.1) is 11.3 Å².